The molecule has 0 aromatic carbocycles. The summed E-state index contributed by atoms with van der Waals surface area (Å²) in [5, 5.41) is 3.36. The normalized spacial score (nSPS) is 37.6. The maximum Gasteiger partial charge on any atom is 0.0941 e. The van der Waals surface area contributed by atoms with Crippen LogP contribution >= 0.6 is 0 Å². The van der Waals surface area contributed by atoms with Crippen molar-refractivity contribution >= 4 is 6.21 Å². The summed E-state index contributed by atoms with van der Waals surface area (Å²) in [5.41, 5.74) is 0.163. The summed E-state index contributed by atoms with van der Waals surface area (Å²) in [4.78, 5) is 4.49. The highest BCUT2D eigenvalue weighted by Crippen LogP contribution is 2.27. The summed E-state index contributed by atoms with van der Waals surface area (Å²) in [6.45, 7) is 2.11. The summed E-state index contributed by atoms with van der Waals surface area (Å²) in [7, 11) is 0. The van der Waals surface area contributed by atoms with E-state index in [-0.39, 0.29) is 5.54 Å². The molecule has 2 aliphatic rings. The third kappa shape index (κ3) is 0.886. The van der Waals surface area contributed by atoms with Gasteiger partial charge in [0.1, 0.15) is 0 Å². The summed E-state index contributed by atoms with van der Waals surface area (Å²) in [5.74, 6) is 0. The molecule has 0 fully saturated rings. The number of aliphatic imine (C=N–C) groups is 1. The van der Waals surface area contributed by atoms with Crippen molar-refractivity contribution < 1.29 is 0 Å². The van der Waals surface area contributed by atoms with Crippen LogP contribution in [0.4, 0.5) is 0 Å². The second kappa shape index (κ2) is 2.20. The van der Waals surface area contributed by atoms with Crippen LogP contribution in [0.25, 0.3) is 0 Å². The van der Waals surface area contributed by atoms with Crippen molar-refractivity contribution in [2.24, 2.45) is 4.99 Å². The predicted molar refractivity (Wildman–Crippen MR) is 42.5 cm³/mol. The largest absolute Gasteiger partial charge is 0.314 e. The number of rotatable bonds is 0. The van der Waals surface area contributed by atoms with Crippen LogP contribution < -0.4 is 5.32 Å². The topological polar surface area (TPSA) is 24.4 Å². The van der Waals surface area contributed by atoms with Crippen LogP contribution in [0.1, 0.15) is 12.8 Å². The van der Waals surface area contributed by atoms with E-state index in [0.29, 0.717) is 0 Å². The highest BCUT2D eigenvalue weighted by atomic mass is 15.0. The quantitative estimate of drug-likeness (QED) is 0.488. The molecule has 0 radical (unpaired) electrons. The van der Waals surface area contributed by atoms with Gasteiger partial charge in [0.05, 0.1) is 5.54 Å². The Kier molecular flexibility index (Phi) is 1.34. The lowest BCUT2D eigenvalue weighted by molar-refractivity contribution is 0.468. The van der Waals surface area contributed by atoms with Crippen molar-refractivity contribution in [3.05, 3.63) is 12.2 Å². The van der Waals surface area contributed by atoms with Crippen molar-refractivity contribution in [2.45, 2.75) is 18.4 Å². The molecule has 1 unspecified atom stereocenters. The van der Waals surface area contributed by atoms with Crippen LogP contribution in [-0.4, -0.2) is 24.8 Å². The van der Waals surface area contributed by atoms with Gasteiger partial charge in [0.2, 0.25) is 0 Å². The lowest BCUT2D eigenvalue weighted by Gasteiger charge is -2.30. The van der Waals surface area contributed by atoms with Crippen LogP contribution in [-0.2, 0) is 0 Å². The lowest BCUT2D eigenvalue weighted by Crippen LogP contribution is -2.39. The number of hydrogen-bond donors (Lipinski definition) is 1. The molecule has 1 heterocycles. The standard InChI is InChI=1S/C8H12N2/c1-3-8(4-1)7-9-5-2-6-10-8/h1,3,6,9H,2,4-5,7H2. The van der Waals surface area contributed by atoms with Crippen molar-refractivity contribution in [2.75, 3.05) is 13.1 Å². The fraction of sp³-hybridized carbons (Fsp3) is 0.625. The van der Waals surface area contributed by atoms with Gasteiger partial charge in [0.15, 0.2) is 0 Å². The van der Waals surface area contributed by atoms with Gasteiger partial charge in [-0.15, -0.1) is 0 Å². The minimum absolute atomic E-state index is 0.163. The zero-order chi connectivity index (χ0) is 6.86. The van der Waals surface area contributed by atoms with Gasteiger partial charge in [-0.1, -0.05) is 12.2 Å². The fourth-order valence-electron chi connectivity index (χ4n) is 1.38. The Hall–Kier alpha value is -0.630. The first-order chi connectivity index (χ1) is 4.91. The zero-order valence-corrected chi connectivity index (χ0v) is 6.01. The van der Waals surface area contributed by atoms with E-state index in [4.69, 9.17) is 0 Å². The van der Waals surface area contributed by atoms with Gasteiger partial charge in [0.25, 0.3) is 0 Å². The Labute approximate surface area is 61.0 Å². The first kappa shape index (κ1) is 6.10. The molecule has 2 rings (SSSR count). The van der Waals surface area contributed by atoms with Gasteiger partial charge in [-0.05, 0) is 12.8 Å². The Balaban J connectivity index is 2.12. The van der Waals surface area contributed by atoms with Gasteiger partial charge < -0.3 is 5.32 Å². The van der Waals surface area contributed by atoms with Crippen molar-refractivity contribution in [3.8, 4) is 0 Å². The van der Waals surface area contributed by atoms with Crippen LogP contribution in [0.15, 0.2) is 17.1 Å². The number of nitrogens with one attached hydrogen (secondary N) is 1. The number of nitrogens with zero attached hydrogens (tertiary/aromatic N) is 1. The third-order valence-corrected chi connectivity index (χ3v) is 2.13. The molecular weight excluding hydrogens is 124 g/mol. The summed E-state index contributed by atoms with van der Waals surface area (Å²) in [6.07, 6.45) is 8.63. The van der Waals surface area contributed by atoms with Crippen molar-refractivity contribution in [3.63, 3.8) is 0 Å². The highest BCUT2D eigenvalue weighted by Gasteiger charge is 2.30. The Morgan fingerprint density at radius 2 is 2.40 bits per heavy atom. The van der Waals surface area contributed by atoms with E-state index < -0.39 is 0 Å². The molecule has 1 aliphatic carbocycles. The van der Waals surface area contributed by atoms with Crippen LogP contribution in [0.3, 0.4) is 0 Å². The summed E-state index contributed by atoms with van der Waals surface area (Å²) in [6, 6.07) is 0. The molecule has 2 nitrogen and oxygen atoms in total. The highest BCUT2D eigenvalue weighted by molar-refractivity contribution is 5.59. The molecule has 1 aliphatic heterocycles. The van der Waals surface area contributed by atoms with E-state index in [0.717, 1.165) is 25.9 Å². The molecule has 0 saturated carbocycles. The third-order valence-electron chi connectivity index (χ3n) is 2.13. The average molecular weight is 136 g/mol. The van der Waals surface area contributed by atoms with Crippen molar-refractivity contribution in [1.82, 2.24) is 5.32 Å². The van der Waals surface area contributed by atoms with Gasteiger partial charge >= 0.3 is 0 Å². The van der Waals surface area contributed by atoms with E-state index >= 15 is 0 Å². The van der Waals surface area contributed by atoms with E-state index in [1.807, 2.05) is 6.21 Å². The Bertz CT molecular complexity index is 184. The molecular formula is C8H12N2. The molecule has 1 atom stereocenters. The summed E-state index contributed by atoms with van der Waals surface area (Å²) >= 11 is 0. The van der Waals surface area contributed by atoms with Gasteiger partial charge in [-0.3, -0.25) is 4.99 Å². The fourth-order valence-corrected chi connectivity index (χ4v) is 1.38. The molecule has 0 bridgehead atoms. The second-order valence-corrected chi connectivity index (χ2v) is 2.99. The molecule has 0 aromatic heterocycles. The van der Waals surface area contributed by atoms with Crippen LogP contribution in [0.2, 0.25) is 0 Å². The molecule has 10 heavy (non-hydrogen) atoms. The van der Waals surface area contributed by atoms with Gasteiger partial charge in [-0.25, -0.2) is 0 Å². The maximum atomic E-state index is 4.49. The van der Waals surface area contributed by atoms with E-state index in [1.165, 1.54) is 0 Å². The molecule has 0 saturated heterocycles. The summed E-state index contributed by atoms with van der Waals surface area (Å²) < 4.78 is 0. The average Bonchev–Trinajstić information content (AvgIpc) is 2.08. The first-order valence-electron chi connectivity index (χ1n) is 3.83. The van der Waals surface area contributed by atoms with E-state index in [1.54, 1.807) is 0 Å². The molecule has 0 aromatic rings. The zero-order valence-electron chi connectivity index (χ0n) is 6.01. The maximum absolute atomic E-state index is 4.49. The molecule has 1 N–H and O–H groups in total. The lowest BCUT2D eigenvalue weighted by atomic mass is 9.86. The van der Waals surface area contributed by atoms with Crippen LogP contribution in [0, 0.1) is 0 Å². The smallest absolute Gasteiger partial charge is 0.0941 e. The minimum Gasteiger partial charge on any atom is -0.314 e. The molecule has 1 spiro atoms. The minimum atomic E-state index is 0.163. The van der Waals surface area contributed by atoms with Gasteiger partial charge in [0, 0.05) is 19.3 Å². The van der Waals surface area contributed by atoms with Crippen molar-refractivity contribution in [1.29, 1.82) is 0 Å². The monoisotopic (exact) mass is 136 g/mol. The molecule has 2 heteroatoms. The van der Waals surface area contributed by atoms with Gasteiger partial charge in [-0.2, -0.15) is 0 Å². The van der Waals surface area contributed by atoms with E-state index in [2.05, 4.69) is 22.5 Å². The SMILES string of the molecule is C1=CC2(C1)CNCCC=N2. The predicted octanol–water partition coefficient (Wildman–Crippen LogP) is 0.749. The number of hydrogen-bond acceptors (Lipinski definition) is 2. The Morgan fingerprint density at radius 1 is 1.50 bits per heavy atom. The van der Waals surface area contributed by atoms with Crippen LogP contribution in [0.5, 0.6) is 0 Å². The first-order valence-corrected chi connectivity index (χ1v) is 3.83. The second-order valence-electron chi connectivity index (χ2n) is 2.99. The molecule has 0 amide bonds. The Morgan fingerprint density at radius 3 is 3.10 bits per heavy atom. The molecule has 54 valence electrons. The van der Waals surface area contributed by atoms with E-state index in [9.17, 15) is 0 Å².